The van der Waals surface area contributed by atoms with Gasteiger partial charge in [-0.3, -0.25) is 19.2 Å². The van der Waals surface area contributed by atoms with Crippen molar-refractivity contribution in [2.45, 2.75) is 114 Å². The van der Waals surface area contributed by atoms with Crippen LogP contribution in [0.3, 0.4) is 0 Å². The van der Waals surface area contributed by atoms with Crippen LogP contribution in [0.5, 0.6) is 0 Å². The van der Waals surface area contributed by atoms with Crippen molar-refractivity contribution in [3.8, 4) is 0 Å². The molecule has 218 valence electrons. The van der Waals surface area contributed by atoms with E-state index in [-0.39, 0.29) is 41.8 Å². The van der Waals surface area contributed by atoms with Crippen molar-refractivity contribution in [3.05, 3.63) is 0 Å². The number of methoxy groups -OCH3 is 1. The molecule has 0 N–H and O–H groups in total. The lowest BCUT2D eigenvalue weighted by atomic mass is 9.60. The molecule has 0 aromatic heterocycles. The van der Waals surface area contributed by atoms with Crippen LogP contribution in [0.2, 0.25) is 0 Å². The van der Waals surface area contributed by atoms with Crippen molar-refractivity contribution in [1.82, 2.24) is 0 Å². The molecule has 8 rings (SSSR count). The molecule has 1 saturated carbocycles. The molecule has 3 spiro atoms. The molecule has 0 unspecified atom stereocenters. The molecule has 14 atom stereocenters. The number of esters is 2. The van der Waals surface area contributed by atoms with E-state index < -0.39 is 76.1 Å². The Balaban J connectivity index is 1.27. The van der Waals surface area contributed by atoms with Crippen molar-refractivity contribution >= 4 is 23.5 Å². The minimum absolute atomic E-state index is 0.0403. The fraction of sp³-hybridized carbons (Fsp3) is 0.867. The maximum absolute atomic E-state index is 14.9. The number of Topliss-reactive ketones (excluding diaryl/α,β-unsaturated/α-hetero) is 2. The molecular formula is C30H38O10. The SMILES string of the molecule is COC(=O)C[C@H]1OC(C)(C)[C@@H]2C[C@H]3O[C@@]12C[C@]12CC[C@]4(C)C(=O)[C@@H](C)[C@@H]5[C@H]6OC(=O)[C@@H](C)[C@H]6O[C@@](O1)(C(=O)[C@H]32)[C@@H]54. The van der Waals surface area contributed by atoms with Crippen LogP contribution in [0.15, 0.2) is 0 Å². The summed E-state index contributed by atoms with van der Waals surface area (Å²) >= 11 is 0. The van der Waals surface area contributed by atoms with Crippen molar-refractivity contribution in [3.63, 3.8) is 0 Å². The molecule has 10 nitrogen and oxygen atoms in total. The molecule has 0 amide bonds. The molecule has 40 heavy (non-hydrogen) atoms. The smallest absolute Gasteiger partial charge is 0.311 e. The lowest BCUT2D eigenvalue weighted by molar-refractivity contribution is -0.337. The number of fused-ring (bicyclic) bond motifs is 4. The van der Waals surface area contributed by atoms with Gasteiger partial charge in [-0.25, -0.2) is 0 Å². The number of ketones is 2. The van der Waals surface area contributed by atoms with Crippen molar-refractivity contribution < 1.29 is 47.6 Å². The highest BCUT2D eigenvalue weighted by molar-refractivity contribution is 5.97. The van der Waals surface area contributed by atoms with Crippen LogP contribution >= 0.6 is 0 Å². The zero-order valence-corrected chi connectivity index (χ0v) is 23.9. The van der Waals surface area contributed by atoms with Crippen LogP contribution in [0.1, 0.15) is 66.7 Å². The monoisotopic (exact) mass is 558 g/mol. The summed E-state index contributed by atoms with van der Waals surface area (Å²) in [7, 11) is 1.36. The zero-order chi connectivity index (χ0) is 28.4. The summed E-state index contributed by atoms with van der Waals surface area (Å²) in [5.74, 6) is -4.99. The first kappa shape index (κ1) is 25.8. The van der Waals surface area contributed by atoms with Gasteiger partial charge in [-0.1, -0.05) is 13.8 Å². The third-order valence-corrected chi connectivity index (χ3v) is 12.6. The maximum atomic E-state index is 14.9. The quantitative estimate of drug-likeness (QED) is 0.466. The van der Waals surface area contributed by atoms with E-state index >= 15 is 0 Å². The first-order chi connectivity index (χ1) is 18.7. The number of carbonyl (C=O) groups is 4. The van der Waals surface area contributed by atoms with Gasteiger partial charge >= 0.3 is 11.9 Å². The van der Waals surface area contributed by atoms with E-state index in [1.54, 1.807) is 6.92 Å². The second kappa shape index (κ2) is 7.36. The Hall–Kier alpha value is -1.88. The molecule has 8 fully saturated rings. The summed E-state index contributed by atoms with van der Waals surface area (Å²) in [5.41, 5.74) is -3.20. The van der Waals surface area contributed by atoms with E-state index in [0.717, 1.165) is 0 Å². The van der Waals surface area contributed by atoms with Gasteiger partial charge in [-0.05, 0) is 40.0 Å². The average molecular weight is 559 g/mol. The highest BCUT2D eigenvalue weighted by Crippen LogP contribution is 2.73. The topological polar surface area (TPSA) is 124 Å². The van der Waals surface area contributed by atoms with Crippen LogP contribution in [0, 0.1) is 40.9 Å². The Morgan fingerprint density at radius 1 is 0.975 bits per heavy atom. The van der Waals surface area contributed by atoms with Gasteiger partial charge in [0.1, 0.15) is 23.6 Å². The third-order valence-electron chi connectivity index (χ3n) is 12.6. The van der Waals surface area contributed by atoms with Gasteiger partial charge in [-0.2, -0.15) is 0 Å². The Morgan fingerprint density at radius 2 is 1.73 bits per heavy atom. The minimum Gasteiger partial charge on any atom is -0.469 e. The van der Waals surface area contributed by atoms with Gasteiger partial charge in [0.05, 0.1) is 48.8 Å². The van der Waals surface area contributed by atoms with E-state index in [4.69, 9.17) is 28.4 Å². The first-order valence-corrected chi connectivity index (χ1v) is 14.8. The molecule has 0 aromatic carbocycles. The zero-order valence-electron chi connectivity index (χ0n) is 23.9. The minimum atomic E-state index is -1.66. The van der Waals surface area contributed by atoms with Crippen molar-refractivity contribution in [2.24, 2.45) is 40.9 Å². The largest absolute Gasteiger partial charge is 0.469 e. The fourth-order valence-electron chi connectivity index (χ4n) is 11.0. The summed E-state index contributed by atoms with van der Waals surface area (Å²) in [6, 6.07) is 0. The second-order valence-electron chi connectivity index (χ2n) is 14.6. The number of rotatable bonds is 2. The van der Waals surface area contributed by atoms with E-state index in [9.17, 15) is 19.2 Å². The Morgan fingerprint density at radius 3 is 2.45 bits per heavy atom. The summed E-state index contributed by atoms with van der Waals surface area (Å²) in [5, 5.41) is 0. The number of ether oxygens (including phenoxy) is 6. The van der Waals surface area contributed by atoms with Crippen LogP contribution in [-0.2, 0) is 47.6 Å². The number of carbonyl (C=O) groups excluding carboxylic acids is 4. The van der Waals surface area contributed by atoms with Crippen molar-refractivity contribution in [1.29, 1.82) is 0 Å². The summed E-state index contributed by atoms with van der Waals surface area (Å²) in [6.07, 6.45) is -0.196. The summed E-state index contributed by atoms with van der Waals surface area (Å²) in [4.78, 5) is 54.1. The van der Waals surface area contributed by atoms with Gasteiger partial charge in [0.2, 0.25) is 11.6 Å². The summed E-state index contributed by atoms with van der Waals surface area (Å²) in [6.45, 7) is 9.64. The molecular weight excluding hydrogens is 520 g/mol. The number of hydrogen-bond donors (Lipinski definition) is 0. The molecule has 7 saturated heterocycles. The van der Waals surface area contributed by atoms with E-state index in [1.165, 1.54) is 7.11 Å². The fourth-order valence-corrected chi connectivity index (χ4v) is 11.0. The van der Waals surface area contributed by atoms with Gasteiger partial charge in [0.25, 0.3) is 0 Å². The predicted molar refractivity (Wildman–Crippen MR) is 133 cm³/mol. The second-order valence-corrected chi connectivity index (χ2v) is 14.6. The average Bonchev–Trinajstić information content (AvgIpc) is 3.54. The molecule has 1 aliphatic carbocycles. The van der Waals surface area contributed by atoms with Gasteiger partial charge in [-0.15, -0.1) is 0 Å². The van der Waals surface area contributed by atoms with Crippen LogP contribution in [0.4, 0.5) is 0 Å². The molecule has 7 heterocycles. The predicted octanol–water partition coefficient (Wildman–Crippen LogP) is 2.14. The van der Waals surface area contributed by atoms with E-state index in [0.29, 0.717) is 25.7 Å². The molecule has 0 aromatic rings. The Kier molecular flexibility index (Phi) is 4.75. The number of hydrogen-bond acceptors (Lipinski definition) is 10. The van der Waals surface area contributed by atoms with Crippen LogP contribution in [0.25, 0.3) is 0 Å². The van der Waals surface area contributed by atoms with E-state index in [1.807, 2.05) is 27.7 Å². The lowest BCUT2D eigenvalue weighted by Gasteiger charge is -2.50. The maximum Gasteiger partial charge on any atom is 0.311 e. The van der Waals surface area contributed by atoms with Crippen LogP contribution in [-0.4, -0.2) is 77.6 Å². The van der Waals surface area contributed by atoms with E-state index in [2.05, 4.69) is 0 Å². The molecule has 8 aliphatic rings. The highest BCUT2D eigenvalue weighted by Gasteiger charge is 2.85. The lowest BCUT2D eigenvalue weighted by Crippen LogP contribution is -2.63. The van der Waals surface area contributed by atoms with Gasteiger partial charge in [0, 0.05) is 35.5 Å². The first-order valence-electron chi connectivity index (χ1n) is 14.8. The summed E-state index contributed by atoms with van der Waals surface area (Å²) < 4.78 is 38.0. The normalized spacial score (nSPS) is 58.1. The van der Waals surface area contributed by atoms with Gasteiger partial charge in [0.15, 0.2) is 0 Å². The van der Waals surface area contributed by atoms with Gasteiger partial charge < -0.3 is 28.4 Å². The Bertz CT molecular complexity index is 1260. The molecule has 0 radical (unpaired) electrons. The van der Waals surface area contributed by atoms with Crippen LogP contribution < -0.4 is 0 Å². The standard InChI is InChI=1S/C30H38O10/c1-12-18-21-20(13(2)25(34)36-21)39-30-22(18)27(5,23(12)32)7-8-28(40-30)11-29-15(9-14(37-29)19(28)24(30)33)26(3,4)38-16(29)10-17(31)35-6/h12-16,18-22H,7-11H2,1-6H3/t12-,13-,14+,15-,16+,18+,19-,20+,21+,22-,27-,28-,29+,30-/m0/s1. The molecule has 10 heteroatoms. The highest BCUT2D eigenvalue weighted by atomic mass is 16.7. The van der Waals surface area contributed by atoms with Crippen molar-refractivity contribution in [2.75, 3.05) is 7.11 Å². The third kappa shape index (κ3) is 2.63. The Labute approximate surface area is 233 Å². The molecule has 4 bridgehead atoms. The molecule has 7 aliphatic heterocycles.